The van der Waals surface area contributed by atoms with Crippen LogP contribution in [0.25, 0.3) is 16.7 Å². The highest BCUT2D eigenvalue weighted by atomic mass is 16.2. The molecule has 1 aromatic carbocycles. The van der Waals surface area contributed by atoms with Gasteiger partial charge >= 0.3 is 0 Å². The van der Waals surface area contributed by atoms with Crippen molar-refractivity contribution in [2.75, 3.05) is 0 Å². The van der Waals surface area contributed by atoms with Gasteiger partial charge in [0.2, 0.25) is 11.8 Å². The van der Waals surface area contributed by atoms with E-state index in [1.165, 1.54) is 6.20 Å². The van der Waals surface area contributed by atoms with Crippen molar-refractivity contribution in [2.24, 2.45) is 0 Å². The molecular formula is C20H19N5O3. The SMILES string of the molecule is Cc1ccc(-n2nc(C)c3cc(C(=O)NC4CCC(=O)NC4=O)cnc32)cc1. The van der Waals surface area contributed by atoms with Crippen molar-refractivity contribution in [3.63, 3.8) is 0 Å². The predicted molar refractivity (Wildman–Crippen MR) is 102 cm³/mol. The molecule has 3 aromatic rings. The molecular weight excluding hydrogens is 358 g/mol. The zero-order chi connectivity index (χ0) is 19.8. The molecule has 0 bridgehead atoms. The smallest absolute Gasteiger partial charge is 0.253 e. The lowest BCUT2D eigenvalue weighted by Gasteiger charge is -2.21. The van der Waals surface area contributed by atoms with Gasteiger partial charge in [0.1, 0.15) is 6.04 Å². The molecule has 0 radical (unpaired) electrons. The Kier molecular flexibility index (Phi) is 4.38. The van der Waals surface area contributed by atoms with Gasteiger partial charge in [-0.05, 0) is 38.5 Å². The van der Waals surface area contributed by atoms with E-state index in [2.05, 4.69) is 20.7 Å². The van der Waals surface area contributed by atoms with Crippen LogP contribution in [0, 0.1) is 13.8 Å². The lowest BCUT2D eigenvalue weighted by Crippen LogP contribution is -2.52. The Morgan fingerprint density at radius 3 is 2.68 bits per heavy atom. The third kappa shape index (κ3) is 3.24. The minimum Gasteiger partial charge on any atom is -0.340 e. The van der Waals surface area contributed by atoms with E-state index in [0.29, 0.717) is 11.2 Å². The Labute approximate surface area is 160 Å². The number of carbonyl (C=O) groups excluding carboxylic acids is 3. The average Bonchev–Trinajstić information content (AvgIpc) is 3.01. The fourth-order valence-corrected chi connectivity index (χ4v) is 3.21. The zero-order valence-electron chi connectivity index (χ0n) is 15.5. The molecule has 4 rings (SSSR count). The number of rotatable bonds is 3. The van der Waals surface area contributed by atoms with Crippen LogP contribution in [0.15, 0.2) is 36.5 Å². The van der Waals surface area contributed by atoms with E-state index in [0.717, 1.165) is 22.3 Å². The summed E-state index contributed by atoms with van der Waals surface area (Å²) in [4.78, 5) is 40.1. The Balaban J connectivity index is 1.62. The molecule has 1 aliphatic heterocycles. The molecule has 1 fully saturated rings. The van der Waals surface area contributed by atoms with Crippen LogP contribution in [0.4, 0.5) is 0 Å². The monoisotopic (exact) mass is 377 g/mol. The van der Waals surface area contributed by atoms with Gasteiger partial charge in [-0.2, -0.15) is 5.10 Å². The molecule has 28 heavy (non-hydrogen) atoms. The second-order valence-electron chi connectivity index (χ2n) is 6.91. The molecule has 1 saturated heterocycles. The second kappa shape index (κ2) is 6.88. The molecule has 2 N–H and O–H groups in total. The Morgan fingerprint density at radius 2 is 1.96 bits per heavy atom. The van der Waals surface area contributed by atoms with E-state index in [4.69, 9.17) is 0 Å². The van der Waals surface area contributed by atoms with Crippen molar-refractivity contribution in [1.29, 1.82) is 0 Å². The van der Waals surface area contributed by atoms with Crippen molar-refractivity contribution in [3.05, 3.63) is 53.3 Å². The van der Waals surface area contributed by atoms with Crippen LogP contribution in [-0.4, -0.2) is 38.5 Å². The third-order valence-electron chi connectivity index (χ3n) is 4.79. The van der Waals surface area contributed by atoms with Gasteiger partial charge in [-0.1, -0.05) is 17.7 Å². The molecule has 0 aliphatic carbocycles. The highest BCUT2D eigenvalue weighted by Gasteiger charge is 2.28. The first-order chi connectivity index (χ1) is 13.4. The van der Waals surface area contributed by atoms with Crippen molar-refractivity contribution >= 4 is 28.8 Å². The van der Waals surface area contributed by atoms with Crippen LogP contribution in [-0.2, 0) is 9.59 Å². The average molecular weight is 377 g/mol. The van der Waals surface area contributed by atoms with Crippen LogP contribution < -0.4 is 10.6 Å². The molecule has 8 heteroatoms. The number of carbonyl (C=O) groups is 3. The van der Waals surface area contributed by atoms with Gasteiger partial charge < -0.3 is 5.32 Å². The number of hydrogen-bond acceptors (Lipinski definition) is 5. The highest BCUT2D eigenvalue weighted by molar-refractivity contribution is 6.04. The van der Waals surface area contributed by atoms with E-state index in [9.17, 15) is 14.4 Å². The van der Waals surface area contributed by atoms with Crippen LogP contribution in [0.5, 0.6) is 0 Å². The number of aryl methyl sites for hydroxylation is 2. The normalized spacial score (nSPS) is 16.9. The van der Waals surface area contributed by atoms with E-state index in [1.807, 2.05) is 38.1 Å². The number of piperidine rings is 1. The summed E-state index contributed by atoms with van der Waals surface area (Å²) in [5.74, 6) is -1.22. The van der Waals surface area contributed by atoms with Gasteiger partial charge in [0, 0.05) is 18.0 Å². The predicted octanol–water partition coefficient (Wildman–Crippen LogP) is 1.57. The van der Waals surface area contributed by atoms with Crippen LogP contribution in [0.3, 0.4) is 0 Å². The van der Waals surface area contributed by atoms with Crippen molar-refractivity contribution in [1.82, 2.24) is 25.4 Å². The fourth-order valence-electron chi connectivity index (χ4n) is 3.21. The lowest BCUT2D eigenvalue weighted by atomic mass is 10.1. The maximum Gasteiger partial charge on any atom is 0.253 e. The summed E-state index contributed by atoms with van der Waals surface area (Å²) in [6, 6.07) is 8.92. The van der Waals surface area contributed by atoms with Crippen LogP contribution in [0.1, 0.15) is 34.5 Å². The van der Waals surface area contributed by atoms with Crippen molar-refractivity contribution in [2.45, 2.75) is 32.7 Å². The maximum absolute atomic E-state index is 12.6. The Hall–Kier alpha value is -3.55. The zero-order valence-corrected chi connectivity index (χ0v) is 15.5. The summed E-state index contributed by atoms with van der Waals surface area (Å²) >= 11 is 0. The molecule has 0 spiro atoms. The molecule has 2 aromatic heterocycles. The first-order valence-corrected chi connectivity index (χ1v) is 8.99. The van der Waals surface area contributed by atoms with Crippen molar-refractivity contribution < 1.29 is 14.4 Å². The number of nitrogens with one attached hydrogen (secondary N) is 2. The van der Waals surface area contributed by atoms with Gasteiger partial charge in [0.25, 0.3) is 5.91 Å². The number of benzene rings is 1. The summed E-state index contributed by atoms with van der Waals surface area (Å²) in [6.45, 7) is 3.87. The van der Waals surface area contributed by atoms with Crippen LogP contribution in [0.2, 0.25) is 0 Å². The molecule has 142 valence electrons. The fraction of sp³-hybridized carbons (Fsp3) is 0.250. The number of hydrogen-bond donors (Lipinski definition) is 2. The number of amides is 3. The van der Waals surface area contributed by atoms with Gasteiger partial charge in [-0.25, -0.2) is 9.67 Å². The molecule has 3 amide bonds. The molecule has 3 heterocycles. The topological polar surface area (TPSA) is 106 Å². The number of aromatic nitrogens is 3. The first-order valence-electron chi connectivity index (χ1n) is 8.99. The third-order valence-corrected chi connectivity index (χ3v) is 4.79. The maximum atomic E-state index is 12.6. The van der Waals surface area contributed by atoms with Crippen LogP contribution >= 0.6 is 0 Å². The summed E-state index contributed by atoms with van der Waals surface area (Å²) in [5.41, 5.74) is 3.77. The van der Waals surface area contributed by atoms with E-state index < -0.39 is 17.9 Å². The molecule has 1 aliphatic rings. The largest absolute Gasteiger partial charge is 0.340 e. The summed E-state index contributed by atoms with van der Waals surface area (Å²) in [7, 11) is 0. The summed E-state index contributed by atoms with van der Waals surface area (Å²) in [6.07, 6.45) is 1.96. The standard InChI is InChI=1S/C20H19N5O3/c1-11-3-5-14(6-4-11)25-18-15(12(2)24-25)9-13(10-21-18)19(27)22-16-7-8-17(26)23-20(16)28/h3-6,9-10,16H,7-8H2,1-2H3,(H,22,27)(H,23,26,28). The molecule has 0 saturated carbocycles. The number of pyridine rings is 1. The minimum absolute atomic E-state index is 0.205. The Bertz CT molecular complexity index is 1100. The lowest BCUT2D eigenvalue weighted by molar-refractivity contribution is -0.134. The summed E-state index contributed by atoms with van der Waals surface area (Å²) in [5, 5.41) is 10.2. The van der Waals surface area contributed by atoms with E-state index in [-0.39, 0.29) is 18.7 Å². The van der Waals surface area contributed by atoms with Gasteiger partial charge in [0.15, 0.2) is 5.65 Å². The minimum atomic E-state index is -0.725. The number of fused-ring (bicyclic) bond motifs is 1. The number of imide groups is 1. The quantitative estimate of drug-likeness (QED) is 0.674. The van der Waals surface area contributed by atoms with Crippen molar-refractivity contribution in [3.8, 4) is 5.69 Å². The molecule has 8 nitrogen and oxygen atoms in total. The summed E-state index contributed by atoms with van der Waals surface area (Å²) < 4.78 is 1.74. The van der Waals surface area contributed by atoms with Gasteiger partial charge in [-0.3, -0.25) is 19.7 Å². The number of nitrogens with zero attached hydrogens (tertiary/aromatic N) is 3. The molecule has 1 atom stereocenters. The first kappa shape index (κ1) is 17.8. The van der Waals surface area contributed by atoms with E-state index in [1.54, 1.807) is 10.7 Å². The van der Waals surface area contributed by atoms with Gasteiger partial charge in [-0.15, -0.1) is 0 Å². The highest BCUT2D eigenvalue weighted by Crippen LogP contribution is 2.21. The Morgan fingerprint density at radius 1 is 1.21 bits per heavy atom. The van der Waals surface area contributed by atoms with E-state index >= 15 is 0 Å². The van der Waals surface area contributed by atoms with Gasteiger partial charge in [0.05, 0.1) is 16.9 Å². The second-order valence-corrected chi connectivity index (χ2v) is 6.91. The molecule has 1 unspecified atom stereocenters.